The van der Waals surface area contributed by atoms with Crippen molar-refractivity contribution in [1.82, 2.24) is 4.90 Å². The van der Waals surface area contributed by atoms with Crippen molar-refractivity contribution < 1.29 is 14.7 Å². The summed E-state index contributed by atoms with van der Waals surface area (Å²) in [5.41, 5.74) is 0.673. The van der Waals surface area contributed by atoms with Gasteiger partial charge < -0.3 is 15.3 Å². The maximum Gasteiger partial charge on any atom is 0.307 e. The molecule has 1 aliphatic rings. The molecule has 0 bridgehead atoms. The highest BCUT2D eigenvalue weighted by atomic mass is 35.5. The highest BCUT2D eigenvalue weighted by Gasteiger charge is 2.27. The molecule has 1 aliphatic heterocycles. The summed E-state index contributed by atoms with van der Waals surface area (Å²) in [5, 5.41) is 12.3. The third-order valence-corrected chi connectivity index (χ3v) is 3.62. The molecule has 2 N–H and O–H groups in total. The van der Waals surface area contributed by atoms with E-state index in [0.717, 1.165) is 6.54 Å². The molecule has 1 amide bonds. The van der Waals surface area contributed by atoms with Crippen molar-refractivity contribution in [3.8, 4) is 0 Å². The molecule has 1 heterocycles. The number of carbonyl (C=O) groups excluding carboxylic acids is 1. The second kappa shape index (κ2) is 6.72. The summed E-state index contributed by atoms with van der Waals surface area (Å²) in [7, 11) is 0. The van der Waals surface area contributed by atoms with E-state index in [-0.39, 0.29) is 11.8 Å². The van der Waals surface area contributed by atoms with Gasteiger partial charge in [-0.25, -0.2) is 0 Å². The second-order valence-corrected chi connectivity index (χ2v) is 5.37. The van der Waals surface area contributed by atoms with Crippen molar-refractivity contribution in [3.05, 3.63) is 29.3 Å². The van der Waals surface area contributed by atoms with Crippen LogP contribution in [0.2, 0.25) is 5.02 Å². The number of likely N-dealkylation sites (tertiary alicyclic amines) is 1. The minimum atomic E-state index is -0.754. The number of carboxylic acid groups (broad SMARTS) is 1. The number of hydrogen-bond acceptors (Lipinski definition) is 3. The quantitative estimate of drug-likeness (QED) is 0.873. The Morgan fingerprint density at radius 3 is 2.90 bits per heavy atom. The Morgan fingerprint density at radius 2 is 2.25 bits per heavy atom. The number of aliphatic carboxylic acids is 1. The zero-order chi connectivity index (χ0) is 14.5. The first kappa shape index (κ1) is 14.8. The molecule has 1 fully saturated rings. The lowest BCUT2D eigenvalue weighted by atomic mass is 10.1. The van der Waals surface area contributed by atoms with E-state index in [4.69, 9.17) is 16.7 Å². The fourth-order valence-corrected chi connectivity index (χ4v) is 2.48. The first-order valence-corrected chi connectivity index (χ1v) is 6.93. The number of carboxylic acids is 1. The highest BCUT2D eigenvalue weighted by molar-refractivity contribution is 6.30. The van der Waals surface area contributed by atoms with Crippen LogP contribution < -0.4 is 5.32 Å². The van der Waals surface area contributed by atoms with Gasteiger partial charge >= 0.3 is 5.97 Å². The summed E-state index contributed by atoms with van der Waals surface area (Å²) in [6.45, 7) is 1.84. The Hall–Kier alpha value is -1.59. The monoisotopic (exact) mass is 296 g/mol. The molecule has 0 aliphatic carbocycles. The second-order valence-electron chi connectivity index (χ2n) is 4.93. The zero-order valence-electron chi connectivity index (χ0n) is 11.0. The highest BCUT2D eigenvalue weighted by Crippen LogP contribution is 2.17. The predicted molar refractivity (Wildman–Crippen MR) is 76.9 cm³/mol. The van der Waals surface area contributed by atoms with E-state index in [9.17, 15) is 9.59 Å². The number of benzene rings is 1. The van der Waals surface area contributed by atoms with E-state index in [0.29, 0.717) is 36.6 Å². The third-order valence-electron chi connectivity index (χ3n) is 3.39. The smallest absolute Gasteiger partial charge is 0.307 e. The van der Waals surface area contributed by atoms with E-state index >= 15 is 0 Å². The number of nitrogens with zero attached hydrogens (tertiary/aromatic N) is 1. The molecule has 1 atom stereocenters. The van der Waals surface area contributed by atoms with Crippen LogP contribution in [0.4, 0.5) is 5.69 Å². The molecule has 1 aromatic rings. The standard InChI is InChI=1S/C14H17ClN2O3/c15-11-2-1-3-12(8-11)16-13(18)5-7-17-6-4-10(9-17)14(19)20/h1-3,8,10H,4-7,9H2,(H,16,18)(H,19,20). The lowest BCUT2D eigenvalue weighted by molar-refractivity contribution is -0.141. The van der Waals surface area contributed by atoms with Crippen LogP contribution in [-0.2, 0) is 9.59 Å². The Kier molecular flexibility index (Phi) is 4.98. The van der Waals surface area contributed by atoms with Crippen molar-refractivity contribution in [1.29, 1.82) is 0 Å². The molecule has 0 aromatic heterocycles. The van der Waals surface area contributed by atoms with Crippen LogP contribution in [0.3, 0.4) is 0 Å². The Balaban J connectivity index is 1.75. The summed E-state index contributed by atoms with van der Waals surface area (Å²) < 4.78 is 0. The molecule has 20 heavy (non-hydrogen) atoms. The van der Waals surface area contributed by atoms with E-state index in [1.54, 1.807) is 24.3 Å². The fraction of sp³-hybridized carbons (Fsp3) is 0.429. The summed E-state index contributed by atoms with van der Waals surface area (Å²) in [5.74, 6) is -1.15. The SMILES string of the molecule is O=C(CCN1CCC(C(=O)O)C1)Nc1cccc(Cl)c1. The van der Waals surface area contributed by atoms with Crippen molar-refractivity contribution in [2.45, 2.75) is 12.8 Å². The van der Waals surface area contributed by atoms with Crippen LogP contribution in [0, 0.1) is 5.92 Å². The summed E-state index contributed by atoms with van der Waals surface area (Å²) in [6, 6.07) is 6.99. The largest absolute Gasteiger partial charge is 0.481 e. The molecule has 0 spiro atoms. The van der Waals surface area contributed by atoms with Gasteiger partial charge in [0, 0.05) is 30.2 Å². The van der Waals surface area contributed by atoms with Gasteiger partial charge in [-0.15, -0.1) is 0 Å². The van der Waals surface area contributed by atoms with Crippen LogP contribution in [0.15, 0.2) is 24.3 Å². The number of nitrogens with one attached hydrogen (secondary N) is 1. The topological polar surface area (TPSA) is 69.6 Å². The Morgan fingerprint density at radius 1 is 1.45 bits per heavy atom. The molecule has 0 saturated carbocycles. The average molecular weight is 297 g/mol. The zero-order valence-corrected chi connectivity index (χ0v) is 11.8. The molecule has 108 valence electrons. The van der Waals surface area contributed by atoms with Crippen LogP contribution in [0.5, 0.6) is 0 Å². The lowest BCUT2D eigenvalue weighted by Gasteiger charge is -2.14. The predicted octanol–water partition coefficient (Wildman–Crippen LogP) is 2.08. The normalized spacial score (nSPS) is 18.9. The molecule has 1 saturated heterocycles. The van der Waals surface area contributed by atoms with Gasteiger partial charge in [-0.2, -0.15) is 0 Å². The van der Waals surface area contributed by atoms with E-state index in [1.807, 2.05) is 4.90 Å². The number of anilines is 1. The number of amides is 1. The maximum absolute atomic E-state index is 11.8. The van der Waals surface area contributed by atoms with Gasteiger partial charge in [-0.3, -0.25) is 9.59 Å². The molecule has 6 heteroatoms. The van der Waals surface area contributed by atoms with Gasteiger partial charge in [0.05, 0.1) is 5.92 Å². The molecule has 1 unspecified atom stereocenters. The summed E-state index contributed by atoms with van der Waals surface area (Å²) in [6.07, 6.45) is 1.00. The van der Waals surface area contributed by atoms with Gasteiger partial charge in [-0.1, -0.05) is 17.7 Å². The average Bonchev–Trinajstić information content (AvgIpc) is 2.85. The molecular formula is C14H17ClN2O3. The van der Waals surface area contributed by atoms with Crippen LogP contribution in [0.1, 0.15) is 12.8 Å². The maximum atomic E-state index is 11.8. The Labute approximate surface area is 122 Å². The van der Waals surface area contributed by atoms with Crippen molar-refractivity contribution in [2.24, 2.45) is 5.92 Å². The van der Waals surface area contributed by atoms with E-state index in [1.165, 1.54) is 0 Å². The minimum absolute atomic E-state index is 0.0916. The van der Waals surface area contributed by atoms with Crippen molar-refractivity contribution in [2.75, 3.05) is 25.0 Å². The van der Waals surface area contributed by atoms with Gasteiger partial charge in [0.15, 0.2) is 0 Å². The molecule has 0 radical (unpaired) electrons. The number of hydrogen-bond donors (Lipinski definition) is 2. The summed E-state index contributed by atoms with van der Waals surface area (Å²) >= 11 is 5.84. The van der Waals surface area contributed by atoms with Crippen LogP contribution in [-0.4, -0.2) is 41.5 Å². The first-order chi connectivity index (χ1) is 9.54. The number of rotatable bonds is 5. The minimum Gasteiger partial charge on any atom is -0.481 e. The van der Waals surface area contributed by atoms with Gasteiger partial charge in [0.2, 0.25) is 5.91 Å². The molecule has 1 aromatic carbocycles. The van der Waals surface area contributed by atoms with Gasteiger partial charge in [0.25, 0.3) is 0 Å². The molecule has 5 nitrogen and oxygen atoms in total. The van der Waals surface area contributed by atoms with Crippen LogP contribution in [0.25, 0.3) is 0 Å². The van der Waals surface area contributed by atoms with Crippen LogP contribution >= 0.6 is 11.6 Å². The number of carbonyl (C=O) groups is 2. The van der Waals surface area contributed by atoms with E-state index in [2.05, 4.69) is 5.32 Å². The van der Waals surface area contributed by atoms with Crippen molar-refractivity contribution in [3.63, 3.8) is 0 Å². The number of halogens is 1. The molecular weight excluding hydrogens is 280 g/mol. The van der Waals surface area contributed by atoms with Gasteiger partial charge in [-0.05, 0) is 31.2 Å². The van der Waals surface area contributed by atoms with E-state index < -0.39 is 5.97 Å². The van der Waals surface area contributed by atoms with Gasteiger partial charge in [0.1, 0.15) is 0 Å². The third kappa shape index (κ3) is 4.21. The van der Waals surface area contributed by atoms with Crippen molar-refractivity contribution >= 4 is 29.2 Å². The Bertz CT molecular complexity index is 507. The fourth-order valence-electron chi connectivity index (χ4n) is 2.29. The first-order valence-electron chi connectivity index (χ1n) is 6.55. The lowest BCUT2D eigenvalue weighted by Crippen LogP contribution is -2.27. The molecule has 2 rings (SSSR count). The summed E-state index contributed by atoms with van der Waals surface area (Å²) in [4.78, 5) is 24.6.